The van der Waals surface area contributed by atoms with Crippen LogP contribution in [-0.4, -0.2) is 30.1 Å². The third kappa shape index (κ3) is 1.71. The number of piperidine rings is 3. The Bertz CT molecular complexity index is 339. The fourth-order valence-electron chi connectivity index (χ4n) is 3.27. The normalized spacial score (nSPS) is 37.3. The van der Waals surface area contributed by atoms with Crippen LogP contribution in [0.25, 0.3) is 0 Å². The zero-order chi connectivity index (χ0) is 11.0. The Morgan fingerprint density at radius 3 is 2.44 bits per heavy atom. The first-order chi connectivity index (χ1) is 7.84. The summed E-state index contributed by atoms with van der Waals surface area (Å²) in [4.78, 5) is 2.63. The first-order valence-electron chi connectivity index (χ1n) is 6.40. The van der Waals surface area contributed by atoms with Gasteiger partial charge in [0.2, 0.25) is 0 Å². The first kappa shape index (κ1) is 10.2. The fraction of sp³-hybridized carbons (Fsp3) is 0.571. The number of anilines is 1. The van der Waals surface area contributed by atoms with E-state index in [4.69, 9.17) is 0 Å². The Balaban J connectivity index is 1.75. The second kappa shape index (κ2) is 4.10. The predicted molar refractivity (Wildman–Crippen MR) is 67.6 cm³/mol. The third-order valence-corrected chi connectivity index (χ3v) is 4.28. The Hall–Kier alpha value is -1.02. The summed E-state index contributed by atoms with van der Waals surface area (Å²) in [5, 5.41) is 3.72. The lowest BCUT2D eigenvalue weighted by molar-refractivity contribution is 0.0458. The minimum absolute atomic E-state index is 0.643. The second-order valence-corrected chi connectivity index (χ2v) is 5.15. The van der Waals surface area contributed by atoms with Crippen molar-refractivity contribution in [2.45, 2.75) is 31.8 Å². The highest BCUT2D eigenvalue weighted by molar-refractivity contribution is 5.44. The van der Waals surface area contributed by atoms with Crippen molar-refractivity contribution in [1.29, 1.82) is 0 Å². The van der Waals surface area contributed by atoms with Crippen LogP contribution in [-0.2, 0) is 0 Å². The van der Waals surface area contributed by atoms with Crippen LogP contribution in [0.2, 0.25) is 0 Å². The summed E-state index contributed by atoms with van der Waals surface area (Å²) in [6.07, 6.45) is 2.74. The number of benzene rings is 1. The molecule has 3 heterocycles. The molecule has 1 N–H and O–H groups in total. The van der Waals surface area contributed by atoms with Crippen LogP contribution in [0.15, 0.2) is 30.3 Å². The number of para-hydroxylation sites is 1. The van der Waals surface area contributed by atoms with Crippen molar-refractivity contribution in [3.05, 3.63) is 30.3 Å². The summed E-state index contributed by atoms with van der Waals surface area (Å²) >= 11 is 0. The molecule has 3 aliphatic rings. The van der Waals surface area contributed by atoms with Gasteiger partial charge in [-0.15, -0.1) is 0 Å². The quantitative estimate of drug-likeness (QED) is 0.817. The lowest BCUT2D eigenvalue weighted by Crippen LogP contribution is -2.59. The molecule has 4 rings (SSSR count). The molecule has 0 aliphatic carbocycles. The molecular weight excluding hydrogens is 196 g/mol. The van der Waals surface area contributed by atoms with Crippen molar-refractivity contribution in [1.82, 2.24) is 4.90 Å². The van der Waals surface area contributed by atoms with E-state index in [0.717, 1.165) is 5.92 Å². The number of fused-ring (bicyclic) bond motifs is 3. The average Bonchev–Trinajstić information content (AvgIpc) is 2.36. The molecule has 16 heavy (non-hydrogen) atoms. The van der Waals surface area contributed by atoms with Gasteiger partial charge in [0.1, 0.15) is 0 Å². The van der Waals surface area contributed by atoms with Gasteiger partial charge in [-0.3, -0.25) is 4.90 Å². The van der Waals surface area contributed by atoms with Crippen molar-refractivity contribution < 1.29 is 0 Å². The number of nitrogens with one attached hydrogen (secondary N) is 1. The molecule has 2 bridgehead atoms. The molecular formula is C14H20N2. The van der Waals surface area contributed by atoms with Crippen LogP contribution in [0.1, 0.15) is 19.8 Å². The van der Waals surface area contributed by atoms with Crippen molar-refractivity contribution in [2.75, 3.05) is 18.4 Å². The minimum atomic E-state index is 0.643. The van der Waals surface area contributed by atoms with Gasteiger partial charge in [-0.25, -0.2) is 0 Å². The largest absolute Gasteiger partial charge is 0.380 e. The molecule has 2 nitrogen and oxygen atoms in total. The van der Waals surface area contributed by atoms with Gasteiger partial charge in [0.25, 0.3) is 0 Å². The summed E-state index contributed by atoms with van der Waals surface area (Å²) in [6.45, 7) is 4.98. The lowest BCUT2D eigenvalue weighted by Gasteiger charge is -2.50. The number of hydrogen-bond donors (Lipinski definition) is 1. The molecule has 2 atom stereocenters. The van der Waals surface area contributed by atoms with Gasteiger partial charge in [-0.2, -0.15) is 0 Å². The second-order valence-electron chi connectivity index (χ2n) is 5.15. The number of rotatable bonds is 2. The van der Waals surface area contributed by atoms with Gasteiger partial charge < -0.3 is 5.32 Å². The van der Waals surface area contributed by atoms with Crippen LogP contribution < -0.4 is 5.32 Å². The zero-order valence-electron chi connectivity index (χ0n) is 9.89. The molecule has 3 aliphatic heterocycles. The third-order valence-electron chi connectivity index (χ3n) is 4.28. The van der Waals surface area contributed by atoms with Crippen LogP contribution in [0, 0.1) is 5.92 Å². The lowest BCUT2D eigenvalue weighted by atomic mass is 9.79. The molecule has 3 fully saturated rings. The molecule has 86 valence electrons. The van der Waals surface area contributed by atoms with Crippen molar-refractivity contribution in [3.63, 3.8) is 0 Å². The first-order valence-corrected chi connectivity index (χ1v) is 6.40. The van der Waals surface area contributed by atoms with Gasteiger partial charge in [0, 0.05) is 17.8 Å². The van der Waals surface area contributed by atoms with E-state index in [1.165, 1.54) is 31.6 Å². The highest BCUT2D eigenvalue weighted by Gasteiger charge is 2.39. The molecule has 2 heteroatoms. The monoisotopic (exact) mass is 216 g/mol. The molecule has 1 aromatic rings. The topological polar surface area (TPSA) is 15.3 Å². The Labute approximate surface area is 97.6 Å². The van der Waals surface area contributed by atoms with Crippen LogP contribution >= 0.6 is 0 Å². The van der Waals surface area contributed by atoms with Gasteiger partial charge in [-0.1, -0.05) is 18.2 Å². The zero-order valence-corrected chi connectivity index (χ0v) is 9.89. The maximum absolute atomic E-state index is 3.72. The maximum Gasteiger partial charge on any atom is 0.0443 e. The Kier molecular flexibility index (Phi) is 2.60. The summed E-state index contributed by atoms with van der Waals surface area (Å²) in [5.41, 5.74) is 1.27. The standard InChI is InChI=1S/C14H20N2/c1-11-14(12-7-9-16(11)10-8-12)15-13-5-3-2-4-6-13/h2-6,11-12,14-15H,7-10H2,1H3/t11-,14+/m1/s1. The molecule has 0 spiro atoms. The Morgan fingerprint density at radius 2 is 1.81 bits per heavy atom. The maximum atomic E-state index is 3.72. The molecule has 0 saturated carbocycles. The van der Waals surface area contributed by atoms with Crippen LogP contribution in [0.3, 0.4) is 0 Å². The van der Waals surface area contributed by atoms with E-state index < -0.39 is 0 Å². The molecule has 0 amide bonds. The van der Waals surface area contributed by atoms with Gasteiger partial charge in [0.15, 0.2) is 0 Å². The van der Waals surface area contributed by atoms with Crippen molar-refractivity contribution in [3.8, 4) is 0 Å². The van der Waals surface area contributed by atoms with Crippen molar-refractivity contribution in [2.24, 2.45) is 5.92 Å². The summed E-state index contributed by atoms with van der Waals surface area (Å²) in [7, 11) is 0. The molecule has 0 aromatic heterocycles. The molecule has 1 aromatic carbocycles. The molecule has 3 saturated heterocycles. The van der Waals surface area contributed by atoms with E-state index in [1.807, 2.05) is 0 Å². The van der Waals surface area contributed by atoms with E-state index in [2.05, 4.69) is 47.5 Å². The van der Waals surface area contributed by atoms with E-state index in [0.29, 0.717) is 12.1 Å². The minimum Gasteiger partial charge on any atom is -0.380 e. The summed E-state index contributed by atoms with van der Waals surface area (Å²) in [5.74, 6) is 0.875. The number of hydrogen-bond acceptors (Lipinski definition) is 2. The van der Waals surface area contributed by atoms with Crippen molar-refractivity contribution >= 4 is 5.69 Å². The molecule has 0 unspecified atom stereocenters. The summed E-state index contributed by atoms with van der Waals surface area (Å²) < 4.78 is 0. The predicted octanol–water partition coefficient (Wildman–Crippen LogP) is 2.58. The van der Waals surface area contributed by atoms with Gasteiger partial charge in [0.05, 0.1) is 0 Å². The average molecular weight is 216 g/mol. The number of nitrogens with zero attached hydrogens (tertiary/aromatic N) is 1. The van der Waals surface area contributed by atoms with Crippen LogP contribution in [0.4, 0.5) is 5.69 Å². The smallest absolute Gasteiger partial charge is 0.0443 e. The van der Waals surface area contributed by atoms with E-state index in [-0.39, 0.29) is 0 Å². The SMILES string of the molecule is C[C@@H]1[C@H](Nc2ccccc2)C2CCN1CC2. The van der Waals surface area contributed by atoms with Gasteiger partial charge >= 0.3 is 0 Å². The van der Waals surface area contributed by atoms with E-state index >= 15 is 0 Å². The molecule has 0 radical (unpaired) electrons. The van der Waals surface area contributed by atoms with Gasteiger partial charge in [-0.05, 0) is 50.9 Å². The van der Waals surface area contributed by atoms with E-state index in [9.17, 15) is 0 Å². The fourth-order valence-corrected chi connectivity index (χ4v) is 3.27. The summed E-state index contributed by atoms with van der Waals surface area (Å²) in [6, 6.07) is 12.0. The highest BCUT2D eigenvalue weighted by Crippen LogP contribution is 2.33. The highest BCUT2D eigenvalue weighted by atomic mass is 15.2. The Morgan fingerprint density at radius 1 is 1.12 bits per heavy atom. The van der Waals surface area contributed by atoms with Crippen LogP contribution in [0.5, 0.6) is 0 Å². The van der Waals surface area contributed by atoms with E-state index in [1.54, 1.807) is 0 Å².